The Morgan fingerprint density at radius 1 is 0.788 bits per heavy atom. The van der Waals surface area contributed by atoms with E-state index in [1.54, 1.807) is 45.0 Å². The number of carboxylic acids is 2. The first kappa shape index (κ1) is 55.4. The average Bonchev–Trinajstić information content (AvgIpc) is 3.19. The van der Waals surface area contributed by atoms with Gasteiger partial charge in [-0.25, -0.2) is 0 Å². The summed E-state index contributed by atoms with van der Waals surface area (Å²) in [6, 6.07) is 0.500. The fourth-order valence-corrected chi connectivity index (χ4v) is 6.70. The zero-order valence-electron chi connectivity index (χ0n) is 37.2. The number of nitro groups is 1. The van der Waals surface area contributed by atoms with Crippen molar-refractivity contribution in [1.29, 1.82) is 0 Å². The smallest absolute Gasteiger partial charge is 0.391 e. The van der Waals surface area contributed by atoms with Crippen LogP contribution in [0.15, 0.2) is 48.5 Å². The molecule has 0 saturated carbocycles. The molecular formula is C43H56F3N7O13. The largest absolute Gasteiger partial charge is 0.481 e. The molecule has 0 radical (unpaired) electrons. The van der Waals surface area contributed by atoms with E-state index >= 15 is 4.79 Å². The number of halogens is 3. The van der Waals surface area contributed by atoms with Gasteiger partial charge in [-0.15, -0.1) is 0 Å². The van der Waals surface area contributed by atoms with Crippen LogP contribution < -0.4 is 27.0 Å². The molecule has 2 rings (SSSR count). The predicted molar refractivity (Wildman–Crippen MR) is 228 cm³/mol. The number of hydrogen-bond acceptors (Lipinski definition) is 12. The fourth-order valence-electron chi connectivity index (χ4n) is 6.70. The monoisotopic (exact) mass is 935 g/mol. The highest BCUT2D eigenvalue weighted by molar-refractivity contribution is 6.05. The van der Waals surface area contributed by atoms with E-state index in [1.165, 1.54) is 32.9 Å². The molecule has 0 aromatic heterocycles. The third kappa shape index (κ3) is 18.0. The van der Waals surface area contributed by atoms with Gasteiger partial charge in [0, 0.05) is 31.4 Å². The summed E-state index contributed by atoms with van der Waals surface area (Å²) < 4.78 is 39.6. The van der Waals surface area contributed by atoms with Crippen molar-refractivity contribution in [2.75, 3.05) is 0 Å². The molecule has 0 aliphatic rings. The molecule has 0 aliphatic carbocycles. The molecule has 0 fully saturated rings. The molecule has 2 aromatic rings. The number of benzene rings is 2. The minimum atomic E-state index is -4.86. The summed E-state index contributed by atoms with van der Waals surface area (Å²) in [5.74, 6) is -10.5. The van der Waals surface area contributed by atoms with Crippen molar-refractivity contribution in [1.82, 2.24) is 26.2 Å². The molecule has 8 N–H and O–H groups in total. The normalized spacial score (nSPS) is 14.3. The van der Waals surface area contributed by atoms with Crippen LogP contribution in [0.2, 0.25) is 0 Å². The van der Waals surface area contributed by atoms with E-state index in [2.05, 4.69) is 16.0 Å². The van der Waals surface area contributed by atoms with Crippen molar-refractivity contribution < 1.29 is 71.5 Å². The van der Waals surface area contributed by atoms with Gasteiger partial charge in [0.2, 0.25) is 29.5 Å². The molecule has 0 heterocycles. The summed E-state index contributed by atoms with van der Waals surface area (Å²) in [6.07, 6.45) is -10.3. The number of imide groups is 1. The average molecular weight is 936 g/mol. The molecular weight excluding hydrogens is 880 g/mol. The minimum absolute atomic E-state index is 0.131. The van der Waals surface area contributed by atoms with Crippen molar-refractivity contribution in [2.24, 2.45) is 17.1 Å². The number of alkyl halides is 3. The number of nitrogens with zero attached hydrogens (tertiary/aromatic N) is 2. The lowest BCUT2D eigenvalue weighted by atomic mass is 9.83. The number of nitrogens with two attached hydrogens (primary N) is 1. The molecule has 0 saturated heterocycles. The van der Waals surface area contributed by atoms with E-state index < -0.39 is 145 Å². The molecule has 0 aliphatic heterocycles. The van der Waals surface area contributed by atoms with Gasteiger partial charge in [0.05, 0.1) is 36.3 Å². The van der Waals surface area contributed by atoms with Crippen LogP contribution in [0, 0.1) is 28.4 Å². The summed E-state index contributed by atoms with van der Waals surface area (Å²) in [6.45, 7) is 9.12. The number of carbonyl (C=O) groups is 9. The van der Waals surface area contributed by atoms with Gasteiger partial charge in [0.15, 0.2) is 0 Å². The Morgan fingerprint density at radius 3 is 1.85 bits per heavy atom. The number of non-ortho nitro benzene ring substituents is 1. The molecule has 6 atom stereocenters. The SMILES string of the molecule is Cc1ccccc1C[C@H](NC(=O)[C@@H](Cc1ccc([N+](=O)[O-])cc1)NC(=O)[C@@H](N)CC(=O)O)C(=O)N(C(=O)CCC(=O)O)[C@H](C(=O)N[C@@H](CC(C)C)C(=O)NC(C=O)CC(F)(F)F)C(C)(C)C. The molecule has 66 heavy (non-hydrogen) atoms. The standard InChI is InChI=1S/C43H56F3N7O13/c1-23(2)17-30(38(61)48-27(22-54)21-43(44,45)46)50-40(63)36(42(4,5)6)52(33(55)15-16-34(56)57)41(64)32(19-26-10-8-7-9-24(26)3)51-39(62)31(49-37(60)29(47)20-35(58)59)18-25-11-13-28(14-12-25)53(65)66/h7-14,22-23,27,29-32,36H,15-21,47H2,1-6H3,(H,48,61)(H,49,60)(H,50,63)(H,51,62)(H,56,57)(H,58,59)/t27?,29-,30-,31+,32-,36+/m0/s1. The van der Waals surface area contributed by atoms with Crippen molar-refractivity contribution >= 4 is 59.4 Å². The molecule has 0 bridgehead atoms. The summed E-state index contributed by atoms with van der Waals surface area (Å²) >= 11 is 0. The number of nitrogens with one attached hydrogen (secondary N) is 4. The zero-order valence-corrected chi connectivity index (χ0v) is 37.2. The van der Waals surface area contributed by atoms with Gasteiger partial charge in [0.25, 0.3) is 11.6 Å². The van der Waals surface area contributed by atoms with Crippen LogP contribution in [0.25, 0.3) is 0 Å². The molecule has 20 nitrogen and oxygen atoms in total. The number of aldehydes is 1. The number of carboxylic acid groups (broad SMARTS) is 2. The van der Waals surface area contributed by atoms with Gasteiger partial charge in [-0.05, 0) is 41.4 Å². The van der Waals surface area contributed by atoms with E-state index in [0.717, 1.165) is 12.1 Å². The third-order valence-electron chi connectivity index (χ3n) is 9.92. The summed E-state index contributed by atoms with van der Waals surface area (Å²) in [4.78, 5) is 130. The second-order valence-electron chi connectivity index (χ2n) is 17.1. The summed E-state index contributed by atoms with van der Waals surface area (Å²) in [5, 5.41) is 39.2. The molecule has 2 aromatic carbocycles. The van der Waals surface area contributed by atoms with Crippen LogP contribution in [0.1, 0.15) is 83.4 Å². The van der Waals surface area contributed by atoms with Crippen molar-refractivity contribution in [3.05, 3.63) is 75.3 Å². The number of amides is 6. The Labute approximate surface area is 377 Å². The van der Waals surface area contributed by atoms with E-state index in [0.29, 0.717) is 16.0 Å². The second-order valence-corrected chi connectivity index (χ2v) is 17.1. The van der Waals surface area contributed by atoms with Gasteiger partial charge >= 0.3 is 18.1 Å². The van der Waals surface area contributed by atoms with Crippen LogP contribution in [0.3, 0.4) is 0 Å². The molecule has 23 heteroatoms. The van der Waals surface area contributed by atoms with Gasteiger partial charge < -0.3 is 42.0 Å². The summed E-state index contributed by atoms with van der Waals surface area (Å²) in [5.41, 5.74) is 5.23. The number of nitro benzene ring substituents is 1. The third-order valence-corrected chi connectivity index (χ3v) is 9.92. The first-order chi connectivity index (χ1) is 30.5. The van der Waals surface area contributed by atoms with Gasteiger partial charge in [-0.1, -0.05) is 71.0 Å². The Kier molecular flexibility index (Phi) is 20.5. The molecule has 6 amide bonds. The number of carbonyl (C=O) groups excluding carboxylic acids is 7. The van der Waals surface area contributed by atoms with E-state index in [1.807, 2.05) is 5.32 Å². The Balaban J connectivity index is 2.81. The second kappa shape index (κ2) is 24.5. The van der Waals surface area contributed by atoms with E-state index in [-0.39, 0.29) is 24.0 Å². The topological polar surface area (TPSA) is 315 Å². The highest BCUT2D eigenvalue weighted by atomic mass is 19.4. The van der Waals surface area contributed by atoms with Gasteiger partial charge in [-0.3, -0.25) is 53.4 Å². The number of aryl methyl sites for hydroxylation is 1. The highest BCUT2D eigenvalue weighted by Gasteiger charge is 2.46. The highest BCUT2D eigenvalue weighted by Crippen LogP contribution is 2.28. The molecule has 0 spiro atoms. The minimum Gasteiger partial charge on any atom is -0.481 e. The number of hydrogen-bond donors (Lipinski definition) is 7. The van der Waals surface area contributed by atoms with Gasteiger partial charge in [0.1, 0.15) is 30.5 Å². The Hall–Kier alpha value is -6.78. The van der Waals surface area contributed by atoms with Crippen molar-refractivity contribution in [3.8, 4) is 0 Å². The molecule has 1 unspecified atom stereocenters. The number of aliphatic carboxylic acids is 2. The van der Waals surface area contributed by atoms with E-state index in [9.17, 15) is 71.9 Å². The maximum absolute atomic E-state index is 15.1. The van der Waals surface area contributed by atoms with Crippen molar-refractivity contribution in [3.63, 3.8) is 0 Å². The van der Waals surface area contributed by atoms with Crippen molar-refractivity contribution in [2.45, 2.75) is 129 Å². The maximum Gasteiger partial charge on any atom is 0.391 e. The first-order valence-electron chi connectivity index (χ1n) is 20.6. The lowest BCUT2D eigenvalue weighted by Gasteiger charge is -2.40. The maximum atomic E-state index is 15.1. The van der Waals surface area contributed by atoms with E-state index in [4.69, 9.17) is 5.73 Å². The Bertz CT molecular complexity index is 2110. The first-order valence-corrected chi connectivity index (χ1v) is 20.6. The zero-order chi connectivity index (χ0) is 50.3. The predicted octanol–water partition coefficient (Wildman–Crippen LogP) is 2.26. The van der Waals surface area contributed by atoms with Crippen LogP contribution >= 0.6 is 0 Å². The Morgan fingerprint density at radius 2 is 1.35 bits per heavy atom. The van der Waals surface area contributed by atoms with Crippen LogP contribution in [-0.4, -0.2) is 116 Å². The fraction of sp³-hybridized carbons (Fsp3) is 0.512. The molecule has 362 valence electrons. The quantitative estimate of drug-likeness (QED) is 0.0451. The summed E-state index contributed by atoms with van der Waals surface area (Å²) in [7, 11) is 0. The van der Waals surface area contributed by atoms with Crippen LogP contribution in [0.5, 0.6) is 0 Å². The van der Waals surface area contributed by atoms with Gasteiger partial charge in [-0.2, -0.15) is 13.2 Å². The lowest BCUT2D eigenvalue weighted by molar-refractivity contribution is -0.384. The lowest BCUT2D eigenvalue weighted by Crippen LogP contribution is -2.64. The van der Waals surface area contributed by atoms with Crippen LogP contribution in [0.4, 0.5) is 18.9 Å². The van der Waals surface area contributed by atoms with Crippen LogP contribution in [-0.2, 0) is 56.0 Å². The number of rotatable bonds is 24.